The van der Waals surface area contributed by atoms with Crippen LogP contribution in [0.15, 0.2) is 47.5 Å². The summed E-state index contributed by atoms with van der Waals surface area (Å²) in [6.07, 6.45) is 3.26. The van der Waals surface area contributed by atoms with E-state index < -0.39 is 0 Å². The molecule has 4 rings (SSSR count). The van der Waals surface area contributed by atoms with Crippen molar-refractivity contribution in [1.82, 2.24) is 4.98 Å². The number of aliphatic imine (C=N–C) groups is 1. The van der Waals surface area contributed by atoms with Crippen LogP contribution in [0.5, 0.6) is 0 Å². The lowest BCUT2D eigenvalue weighted by molar-refractivity contribution is 0.589. The molecular weight excluding hydrogens is 364 g/mol. The summed E-state index contributed by atoms with van der Waals surface area (Å²) in [4.78, 5) is 8.70. The molecule has 2 nitrogen and oxygen atoms in total. The molecule has 2 heteroatoms. The Morgan fingerprint density at radius 2 is 1.63 bits per heavy atom. The molecule has 0 saturated carbocycles. The van der Waals surface area contributed by atoms with E-state index in [4.69, 9.17) is 4.99 Å². The van der Waals surface area contributed by atoms with Crippen LogP contribution in [0.4, 0.5) is 0 Å². The molecule has 30 heavy (non-hydrogen) atoms. The molecule has 3 aromatic rings. The first-order valence-electron chi connectivity index (χ1n) is 10.9. The zero-order chi connectivity index (χ0) is 21.6. The van der Waals surface area contributed by atoms with Crippen molar-refractivity contribution in [3.63, 3.8) is 0 Å². The van der Waals surface area contributed by atoms with Gasteiger partial charge in [0, 0.05) is 28.1 Å². The van der Waals surface area contributed by atoms with Gasteiger partial charge in [0.15, 0.2) is 0 Å². The van der Waals surface area contributed by atoms with Crippen molar-refractivity contribution in [3.05, 3.63) is 92.8 Å². The minimum Gasteiger partial charge on any atom is -0.359 e. The largest absolute Gasteiger partial charge is 0.359 e. The van der Waals surface area contributed by atoms with Crippen molar-refractivity contribution in [3.8, 4) is 0 Å². The van der Waals surface area contributed by atoms with Crippen LogP contribution in [-0.4, -0.2) is 10.7 Å². The number of rotatable bonds is 3. The summed E-state index contributed by atoms with van der Waals surface area (Å²) in [7, 11) is 0. The Morgan fingerprint density at radius 3 is 2.23 bits per heavy atom. The lowest BCUT2D eigenvalue weighted by atomic mass is 9.84. The van der Waals surface area contributed by atoms with Crippen LogP contribution in [0.1, 0.15) is 78.0 Å². The number of fused-ring (bicyclic) bond motifs is 1. The molecule has 0 amide bonds. The number of aryl methyl sites for hydroxylation is 2. The van der Waals surface area contributed by atoms with E-state index in [0.717, 1.165) is 17.8 Å². The number of hydrogen-bond acceptors (Lipinski definition) is 1. The first-order chi connectivity index (χ1) is 14.2. The van der Waals surface area contributed by atoms with Gasteiger partial charge in [0.2, 0.25) is 0 Å². The zero-order valence-electron chi connectivity index (χ0n) is 19.3. The van der Waals surface area contributed by atoms with E-state index >= 15 is 0 Å². The zero-order valence-corrected chi connectivity index (χ0v) is 19.3. The van der Waals surface area contributed by atoms with E-state index in [1.807, 2.05) is 0 Å². The fourth-order valence-electron chi connectivity index (χ4n) is 4.49. The fourth-order valence-corrected chi connectivity index (χ4v) is 4.49. The van der Waals surface area contributed by atoms with Crippen molar-refractivity contribution < 1.29 is 0 Å². The minimum absolute atomic E-state index is 0.143. The summed E-state index contributed by atoms with van der Waals surface area (Å²) in [6, 6.07) is 15.4. The number of nitrogens with one attached hydrogen (secondary N) is 1. The quantitative estimate of drug-likeness (QED) is 0.487. The van der Waals surface area contributed by atoms with E-state index in [-0.39, 0.29) is 5.41 Å². The van der Waals surface area contributed by atoms with Crippen molar-refractivity contribution in [2.45, 2.75) is 60.3 Å². The topological polar surface area (TPSA) is 28.1 Å². The molecular formula is C28H32N2. The van der Waals surface area contributed by atoms with Crippen LogP contribution in [0.3, 0.4) is 0 Å². The molecule has 1 aliphatic heterocycles. The lowest BCUT2D eigenvalue weighted by Gasteiger charge is -2.20. The van der Waals surface area contributed by atoms with Gasteiger partial charge in [-0.2, -0.15) is 0 Å². The van der Waals surface area contributed by atoms with Gasteiger partial charge in [-0.15, -0.1) is 0 Å². The molecule has 0 saturated heterocycles. The molecule has 0 unspecified atom stereocenters. The standard InChI is InChI=1S/C28H32N2/c1-8-21-18(3)25(29-19(21)4)16-26-23-11-9-10-12-24(23)27(30-26)22-14-13-20(15-17(22)2)28(5,6)7/h9-16,29H,8H2,1-7H3/b26-16-. The Balaban J connectivity index is 1.85. The number of benzene rings is 2. The van der Waals surface area contributed by atoms with Crippen molar-refractivity contribution in [2.24, 2.45) is 4.99 Å². The Bertz CT molecular complexity index is 1180. The van der Waals surface area contributed by atoms with E-state index in [1.165, 1.54) is 50.3 Å². The highest BCUT2D eigenvalue weighted by atomic mass is 14.8. The summed E-state index contributed by atoms with van der Waals surface area (Å²) in [6.45, 7) is 15.6. The van der Waals surface area contributed by atoms with Crippen LogP contribution in [-0.2, 0) is 11.8 Å². The van der Waals surface area contributed by atoms with Gasteiger partial charge in [0.05, 0.1) is 11.4 Å². The van der Waals surface area contributed by atoms with Gasteiger partial charge >= 0.3 is 0 Å². The average molecular weight is 397 g/mol. The molecule has 1 aliphatic rings. The predicted octanol–water partition coefficient (Wildman–Crippen LogP) is 7.15. The Morgan fingerprint density at radius 1 is 0.933 bits per heavy atom. The lowest BCUT2D eigenvalue weighted by Crippen LogP contribution is -2.12. The summed E-state index contributed by atoms with van der Waals surface area (Å²) >= 11 is 0. The molecule has 0 aliphatic carbocycles. The molecule has 0 atom stereocenters. The van der Waals surface area contributed by atoms with Gasteiger partial charge in [-0.3, -0.25) is 0 Å². The Kier molecular flexibility index (Phi) is 5.05. The van der Waals surface area contributed by atoms with E-state index in [9.17, 15) is 0 Å². The fraction of sp³-hybridized carbons (Fsp3) is 0.321. The van der Waals surface area contributed by atoms with E-state index in [0.29, 0.717) is 0 Å². The van der Waals surface area contributed by atoms with Crippen LogP contribution < -0.4 is 0 Å². The van der Waals surface area contributed by atoms with Gasteiger partial charge in [-0.05, 0) is 60.9 Å². The van der Waals surface area contributed by atoms with Crippen LogP contribution in [0.25, 0.3) is 11.8 Å². The maximum absolute atomic E-state index is 5.14. The van der Waals surface area contributed by atoms with Gasteiger partial charge in [-0.1, -0.05) is 70.2 Å². The van der Waals surface area contributed by atoms with E-state index in [1.54, 1.807) is 0 Å². The first kappa shape index (κ1) is 20.4. The normalized spacial score (nSPS) is 14.9. The summed E-state index contributed by atoms with van der Waals surface area (Å²) in [5.74, 6) is 0. The second-order valence-corrected chi connectivity index (χ2v) is 9.44. The smallest absolute Gasteiger partial charge is 0.0791 e. The molecule has 1 aromatic heterocycles. The van der Waals surface area contributed by atoms with Crippen molar-refractivity contribution in [1.29, 1.82) is 0 Å². The second-order valence-electron chi connectivity index (χ2n) is 9.44. The second kappa shape index (κ2) is 7.43. The summed E-state index contributed by atoms with van der Waals surface area (Å²) in [5, 5.41) is 0. The minimum atomic E-state index is 0.143. The van der Waals surface area contributed by atoms with Crippen molar-refractivity contribution >= 4 is 17.5 Å². The third-order valence-electron chi connectivity index (χ3n) is 6.30. The molecule has 0 spiro atoms. The molecule has 2 heterocycles. The highest BCUT2D eigenvalue weighted by Gasteiger charge is 2.24. The number of nitrogens with zero attached hydrogens (tertiary/aromatic N) is 1. The maximum atomic E-state index is 5.14. The SMILES string of the molecule is CCc1c(C)[nH]c(/C=C2\N=C(c3ccc(C(C)(C)C)cc3C)c3ccccc32)c1C. The molecule has 0 fully saturated rings. The van der Waals surface area contributed by atoms with Crippen LogP contribution in [0, 0.1) is 20.8 Å². The van der Waals surface area contributed by atoms with Gasteiger partial charge in [-0.25, -0.2) is 4.99 Å². The van der Waals surface area contributed by atoms with Gasteiger partial charge < -0.3 is 4.98 Å². The molecule has 1 N–H and O–H groups in total. The number of H-pyrrole nitrogens is 1. The molecule has 154 valence electrons. The first-order valence-corrected chi connectivity index (χ1v) is 10.9. The highest BCUT2D eigenvalue weighted by molar-refractivity contribution is 6.22. The Labute approximate surface area is 180 Å². The molecule has 0 radical (unpaired) electrons. The summed E-state index contributed by atoms with van der Waals surface area (Å²) in [5.41, 5.74) is 13.7. The van der Waals surface area contributed by atoms with Gasteiger partial charge in [0.1, 0.15) is 0 Å². The summed E-state index contributed by atoms with van der Waals surface area (Å²) < 4.78 is 0. The number of aromatic amines is 1. The van der Waals surface area contributed by atoms with Crippen LogP contribution >= 0.6 is 0 Å². The predicted molar refractivity (Wildman–Crippen MR) is 129 cm³/mol. The van der Waals surface area contributed by atoms with Crippen LogP contribution in [0.2, 0.25) is 0 Å². The number of hydrogen-bond donors (Lipinski definition) is 1. The van der Waals surface area contributed by atoms with Gasteiger partial charge in [0.25, 0.3) is 0 Å². The molecule has 0 bridgehead atoms. The maximum Gasteiger partial charge on any atom is 0.0791 e. The monoisotopic (exact) mass is 396 g/mol. The highest BCUT2D eigenvalue weighted by Crippen LogP contribution is 2.35. The molecule has 2 aromatic carbocycles. The number of aromatic nitrogens is 1. The third kappa shape index (κ3) is 3.45. The third-order valence-corrected chi connectivity index (χ3v) is 6.30. The average Bonchev–Trinajstić information content (AvgIpc) is 3.18. The van der Waals surface area contributed by atoms with Crippen molar-refractivity contribution in [2.75, 3.05) is 0 Å². The van der Waals surface area contributed by atoms with E-state index in [2.05, 4.69) is 102 Å². The Hall–Kier alpha value is -2.87.